The molecule has 0 aliphatic rings. The molecule has 3 heteroatoms. The fraction of sp³-hybridized carbons (Fsp3) is 0.667. The van der Waals surface area contributed by atoms with E-state index in [4.69, 9.17) is 9.47 Å². The zero-order valence-corrected chi connectivity index (χ0v) is 14.2. The molecule has 0 bridgehead atoms. The molecule has 1 aromatic rings. The highest BCUT2D eigenvalue weighted by Gasteiger charge is 2.20. The fourth-order valence-electron chi connectivity index (χ4n) is 2.29. The van der Waals surface area contributed by atoms with Crippen molar-refractivity contribution in [1.82, 2.24) is 5.32 Å². The minimum atomic E-state index is -0.0797. The van der Waals surface area contributed by atoms with E-state index in [0.29, 0.717) is 12.6 Å². The molecule has 1 N–H and O–H groups in total. The molecule has 21 heavy (non-hydrogen) atoms. The van der Waals surface area contributed by atoms with Crippen molar-refractivity contribution in [2.45, 2.75) is 58.6 Å². The zero-order valence-electron chi connectivity index (χ0n) is 14.2. The summed E-state index contributed by atoms with van der Waals surface area (Å²) in [5.41, 5.74) is 1.21. The van der Waals surface area contributed by atoms with Gasteiger partial charge in [0, 0.05) is 13.2 Å². The lowest BCUT2D eigenvalue weighted by atomic mass is 9.94. The first kappa shape index (κ1) is 18.0. The van der Waals surface area contributed by atoms with Gasteiger partial charge in [-0.05, 0) is 64.3 Å². The van der Waals surface area contributed by atoms with Gasteiger partial charge in [0.2, 0.25) is 0 Å². The number of hydrogen-bond acceptors (Lipinski definition) is 3. The van der Waals surface area contributed by atoms with Crippen molar-refractivity contribution in [3.63, 3.8) is 0 Å². The average Bonchev–Trinajstić information content (AvgIpc) is 2.48. The van der Waals surface area contributed by atoms with Crippen LogP contribution in [0.2, 0.25) is 0 Å². The summed E-state index contributed by atoms with van der Waals surface area (Å²) in [5, 5.41) is 3.64. The van der Waals surface area contributed by atoms with E-state index in [1.807, 2.05) is 13.0 Å². The standard InChI is InChI=1S/C18H31NO2/c1-6-13-19-17(11-12-18(3,4)20-5)15-9-8-10-16(14-15)21-7-2/h8-10,14,17,19H,6-7,11-13H2,1-5H3. The molecule has 1 atom stereocenters. The van der Waals surface area contributed by atoms with E-state index in [0.717, 1.165) is 31.6 Å². The normalized spacial score (nSPS) is 13.2. The summed E-state index contributed by atoms with van der Waals surface area (Å²) in [4.78, 5) is 0. The Labute approximate surface area is 130 Å². The summed E-state index contributed by atoms with van der Waals surface area (Å²) >= 11 is 0. The maximum absolute atomic E-state index is 5.62. The summed E-state index contributed by atoms with van der Waals surface area (Å²) in [6.07, 6.45) is 3.20. The van der Waals surface area contributed by atoms with E-state index in [9.17, 15) is 0 Å². The Kier molecular flexibility index (Phi) is 7.76. The molecule has 0 spiro atoms. The predicted octanol–water partition coefficient (Wildman–Crippen LogP) is 4.33. The summed E-state index contributed by atoms with van der Waals surface area (Å²) < 4.78 is 11.2. The minimum Gasteiger partial charge on any atom is -0.494 e. The van der Waals surface area contributed by atoms with Gasteiger partial charge in [-0.3, -0.25) is 0 Å². The van der Waals surface area contributed by atoms with E-state index in [-0.39, 0.29) is 5.60 Å². The third kappa shape index (κ3) is 6.49. The fourth-order valence-corrected chi connectivity index (χ4v) is 2.29. The van der Waals surface area contributed by atoms with Crippen molar-refractivity contribution in [3.8, 4) is 5.75 Å². The van der Waals surface area contributed by atoms with Gasteiger partial charge in [0.25, 0.3) is 0 Å². The number of benzene rings is 1. The Morgan fingerprint density at radius 3 is 2.62 bits per heavy atom. The molecule has 0 fully saturated rings. The molecule has 0 amide bonds. The van der Waals surface area contributed by atoms with E-state index in [2.05, 4.69) is 44.3 Å². The van der Waals surface area contributed by atoms with Crippen LogP contribution in [0.4, 0.5) is 0 Å². The molecule has 1 aromatic carbocycles. The maximum atomic E-state index is 5.62. The van der Waals surface area contributed by atoms with Crippen LogP contribution in [0, 0.1) is 0 Å². The molecule has 0 aliphatic heterocycles. The molecule has 1 unspecified atom stereocenters. The van der Waals surface area contributed by atoms with Crippen molar-refractivity contribution >= 4 is 0 Å². The summed E-state index contributed by atoms with van der Waals surface area (Å²) in [7, 11) is 1.78. The van der Waals surface area contributed by atoms with Crippen molar-refractivity contribution in [1.29, 1.82) is 0 Å². The van der Waals surface area contributed by atoms with E-state index in [1.54, 1.807) is 7.11 Å². The molecule has 0 radical (unpaired) electrons. The lowest BCUT2D eigenvalue weighted by molar-refractivity contribution is 0.0117. The monoisotopic (exact) mass is 293 g/mol. The molecule has 0 saturated heterocycles. The van der Waals surface area contributed by atoms with Gasteiger partial charge in [-0.25, -0.2) is 0 Å². The van der Waals surface area contributed by atoms with Crippen LogP contribution in [0.5, 0.6) is 5.75 Å². The largest absolute Gasteiger partial charge is 0.494 e. The smallest absolute Gasteiger partial charge is 0.119 e. The molecular formula is C18H31NO2. The number of hydrogen-bond donors (Lipinski definition) is 1. The Morgan fingerprint density at radius 1 is 1.24 bits per heavy atom. The first-order valence-corrected chi connectivity index (χ1v) is 8.03. The van der Waals surface area contributed by atoms with Gasteiger partial charge in [-0.2, -0.15) is 0 Å². The second kappa shape index (κ2) is 9.06. The lowest BCUT2D eigenvalue weighted by Crippen LogP contribution is -2.27. The quantitative estimate of drug-likeness (QED) is 0.696. The zero-order chi connectivity index (χ0) is 15.7. The average molecular weight is 293 g/mol. The SMILES string of the molecule is CCCNC(CCC(C)(C)OC)c1cccc(OCC)c1. The highest BCUT2D eigenvalue weighted by Crippen LogP contribution is 2.26. The molecular weight excluding hydrogens is 262 g/mol. The van der Waals surface area contributed by atoms with E-state index >= 15 is 0 Å². The van der Waals surface area contributed by atoms with Crippen molar-refractivity contribution in [3.05, 3.63) is 29.8 Å². The first-order chi connectivity index (χ1) is 10.0. The number of ether oxygens (including phenoxy) is 2. The summed E-state index contributed by atoms with van der Waals surface area (Å²) in [6, 6.07) is 8.76. The van der Waals surface area contributed by atoms with Crippen LogP contribution in [0.15, 0.2) is 24.3 Å². The summed E-state index contributed by atoms with van der Waals surface area (Å²) in [5.74, 6) is 0.948. The lowest BCUT2D eigenvalue weighted by Gasteiger charge is -2.27. The van der Waals surface area contributed by atoms with Gasteiger partial charge in [-0.1, -0.05) is 19.1 Å². The highest BCUT2D eigenvalue weighted by molar-refractivity contribution is 5.30. The van der Waals surface area contributed by atoms with Crippen LogP contribution in [0.1, 0.15) is 58.6 Å². The van der Waals surface area contributed by atoms with Crippen LogP contribution >= 0.6 is 0 Å². The van der Waals surface area contributed by atoms with E-state index < -0.39 is 0 Å². The number of rotatable bonds is 10. The molecule has 120 valence electrons. The second-order valence-corrected chi connectivity index (χ2v) is 6.01. The van der Waals surface area contributed by atoms with Gasteiger partial charge >= 0.3 is 0 Å². The number of methoxy groups -OCH3 is 1. The van der Waals surface area contributed by atoms with Crippen LogP contribution in [0.3, 0.4) is 0 Å². The topological polar surface area (TPSA) is 30.5 Å². The van der Waals surface area contributed by atoms with Gasteiger partial charge in [0.15, 0.2) is 0 Å². The molecule has 0 aromatic heterocycles. The van der Waals surface area contributed by atoms with Crippen LogP contribution in [-0.4, -0.2) is 25.9 Å². The van der Waals surface area contributed by atoms with Gasteiger partial charge < -0.3 is 14.8 Å². The Morgan fingerprint density at radius 2 is 2.00 bits per heavy atom. The highest BCUT2D eigenvalue weighted by atomic mass is 16.5. The molecule has 0 saturated carbocycles. The molecule has 1 rings (SSSR count). The Hall–Kier alpha value is -1.06. The van der Waals surface area contributed by atoms with Crippen LogP contribution in [-0.2, 0) is 4.74 Å². The minimum absolute atomic E-state index is 0.0797. The Bertz CT molecular complexity index is 404. The molecule has 0 aliphatic carbocycles. The first-order valence-electron chi connectivity index (χ1n) is 8.03. The molecule has 0 heterocycles. The van der Waals surface area contributed by atoms with Crippen molar-refractivity contribution in [2.75, 3.05) is 20.3 Å². The summed E-state index contributed by atoms with van der Waals surface area (Å²) in [6.45, 7) is 10.2. The third-order valence-corrected chi connectivity index (χ3v) is 3.80. The second-order valence-electron chi connectivity index (χ2n) is 6.01. The number of nitrogens with one attached hydrogen (secondary N) is 1. The van der Waals surface area contributed by atoms with Crippen molar-refractivity contribution < 1.29 is 9.47 Å². The van der Waals surface area contributed by atoms with Crippen molar-refractivity contribution in [2.24, 2.45) is 0 Å². The van der Waals surface area contributed by atoms with Crippen LogP contribution < -0.4 is 10.1 Å². The maximum Gasteiger partial charge on any atom is 0.119 e. The van der Waals surface area contributed by atoms with Gasteiger partial charge in [0.1, 0.15) is 5.75 Å². The van der Waals surface area contributed by atoms with E-state index in [1.165, 1.54) is 5.56 Å². The third-order valence-electron chi connectivity index (χ3n) is 3.80. The van der Waals surface area contributed by atoms with Crippen LogP contribution in [0.25, 0.3) is 0 Å². The van der Waals surface area contributed by atoms with Gasteiger partial charge in [-0.15, -0.1) is 0 Å². The predicted molar refractivity (Wildman–Crippen MR) is 89.0 cm³/mol. The molecule has 3 nitrogen and oxygen atoms in total. The Balaban J connectivity index is 2.78. The van der Waals surface area contributed by atoms with Gasteiger partial charge in [0.05, 0.1) is 12.2 Å².